The van der Waals surface area contributed by atoms with Gasteiger partial charge in [0.15, 0.2) is 16.6 Å². The molecule has 3 aromatic heterocycles. The Morgan fingerprint density at radius 1 is 1.27 bits per heavy atom. The van der Waals surface area contributed by atoms with Crippen molar-refractivity contribution >= 4 is 32.6 Å². The molecule has 0 radical (unpaired) electrons. The largest absolute Gasteiger partial charge is 0.339 e. The van der Waals surface area contributed by atoms with E-state index >= 15 is 0 Å². The zero-order chi connectivity index (χ0) is 20.5. The van der Waals surface area contributed by atoms with Gasteiger partial charge >= 0.3 is 0 Å². The minimum atomic E-state index is -0.103. The average molecular weight is 420 g/mol. The number of thiazole rings is 1. The summed E-state index contributed by atoms with van der Waals surface area (Å²) in [7, 11) is 0. The van der Waals surface area contributed by atoms with Crippen molar-refractivity contribution < 1.29 is 9.32 Å². The number of aromatic nitrogens is 4. The van der Waals surface area contributed by atoms with Gasteiger partial charge < -0.3 is 9.42 Å². The van der Waals surface area contributed by atoms with Crippen molar-refractivity contribution in [2.75, 3.05) is 11.4 Å². The van der Waals surface area contributed by atoms with Crippen molar-refractivity contribution in [2.45, 2.75) is 38.6 Å². The van der Waals surface area contributed by atoms with E-state index in [-0.39, 0.29) is 11.8 Å². The van der Waals surface area contributed by atoms with E-state index in [2.05, 4.69) is 32.2 Å². The second kappa shape index (κ2) is 7.95. The van der Waals surface area contributed by atoms with Crippen molar-refractivity contribution in [2.24, 2.45) is 0 Å². The number of ketones is 1. The van der Waals surface area contributed by atoms with E-state index in [0.717, 1.165) is 41.2 Å². The summed E-state index contributed by atoms with van der Waals surface area (Å²) in [6, 6.07) is 12.0. The third-order valence-electron chi connectivity index (χ3n) is 5.39. The SMILES string of the molecule is Cc1nc(-c2cnc3nc(N4CCC[C@@H]4C(=O)CCc4ccccc4)sc3c2)no1. The van der Waals surface area contributed by atoms with Crippen LogP contribution in [0.1, 0.15) is 30.7 Å². The zero-order valence-electron chi connectivity index (χ0n) is 16.6. The molecule has 0 unspecified atom stereocenters. The molecule has 1 aliphatic rings. The summed E-state index contributed by atoms with van der Waals surface area (Å²) in [5.41, 5.74) is 2.68. The van der Waals surface area contributed by atoms with Crippen molar-refractivity contribution in [1.29, 1.82) is 0 Å². The first-order valence-electron chi connectivity index (χ1n) is 10.1. The van der Waals surface area contributed by atoms with Crippen molar-refractivity contribution in [3.63, 3.8) is 0 Å². The maximum absolute atomic E-state index is 13.0. The highest BCUT2D eigenvalue weighted by atomic mass is 32.1. The van der Waals surface area contributed by atoms with Crippen LogP contribution in [-0.4, -0.2) is 38.5 Å². The Morgan fingerprint density at radius 2 is 2.13 bits per heavy atom. The van der Waals surface area contributed by atoms with Crippen LogP contribution in [0.3, 0.4) is 0 Å². The van der Waals surface area contributed by atoms with Gasteiger partial charge in [-0.25, -0.2) is 4.98 Å². The monoisotopic (exact) mass is 419 g/mol. The first-order valence-corrected chi connectivity index (χ1v) is 10.9. The Bertz CT molecular complexity index is 1190. The lowest BCUT2D eigenvalue weighted by molar-refractivity contribution is -0.120. The number of carbonyl (C=O) groups is 1. The summed E-state index contributed by atoms with van der Waals surface area (Å²) in [4.78, 5) is 28.5. The van der Waals surface area contributed by atoms with E-state index in [0.29, 0.717) is 23.8 Å². The van der Waals surface area contributed by atoms with Gasteiger partial charge in [-0.05, 0) is 30.9 Å². The van der Waals surface area contributed by atoms with E-state index in [1.807, 2.05) is 24.3 Å². The number of hydrogen-bond donors (Lipinski definition) is 0. The van der Waals surface area contributed by atoms with E-state index in [1.165, 1.54) is 5.56 Å². The minimum absolute atomic E-state index is 0.103. The van der Waals surface area contributed by atoms with E-state index < -0.39 is 0 Å². The molecule has 8 heteroatoms. The predicted octanol–water partition coefficient (Wildman–Crippen LogP) is 4.22. The number of aryl methyl sites for hydroxylation is 2. The fourth-order valence-electron chi connectivity index (χ4n) is 3.88. The summed E-state index contributed by atoms with van der Waals surface area (Å²) >= 11 is 1.56. The van der Waals surface area contributed by atoms with E-state index in [1.54, 1.807) is 24.5 Å². The Balaban J connectivity index is 1.35. The molecule has 4 heterocycles. The van der Waals surface area contributed by atoms with Gasteiger partial charge in [0.25, 0.3) is 0 Å². The number of anilines is 1. The van der Waals surface area contributed by atoms with Gasteiger partial charge in [0.05, 0.1) is 10.7 Å². The summed E-state index contributed by atoms with van der Waals surface area (Å²) in [5, 5.41) is 4.82. The molecule has 0 aliphatic carbocycles. The molecule has 152 valence electrons. The molecule has 1 aromatic carbocycles. The van der Waals surface area contributed by atoms with E-state index in [9.17, 15) is 4.79 Å². The maximum atomic E-state index is 13.0. The number of Topliss-reactive ketones (excluding diaryl/α,β-unsaturated/α-hetero) is 1. The molecule has 1 atom stereocenters. The van der Waals surface area contributed by atoms with E-state index in [4.69, 9.17) is 9.51 Å². The smallest absolute Gasteiger partial charge is 0.223 e. The molecule has 0 N–H and O–H groups in total. The highest BCUT2D eigenvalue weighted by Gasteiger charge is 2.32. The minimum Gasteiger partial charge on any atom is -0.339 e. The second-order valence-electron chi connectivity index (χ2n) is 7.48. The van der Waals surface area contributed by atoms with Gasteiger partial charge in [0.2, 0.25) is 11.7 Å². The topological polar surface area (TPSA) is 85.0 Å². The summed E-state index contributed by atoms with van der Waals surface area (Å²) < 4.78 is 6.02. The lowest BCUT2D eigenvalue weighted by Gasteiger charge is -2.22. The third-order valence-corrected chi connectivity index (χ3v) is 6.42. The Morgan fingerprint density at radius 3 is 2.93 bits per heavy atom. The van der Waals surface area contributed by atoms with Crippen LogP contribution in [0.4, 0.5) is 5.13 Å². The van der Waals surface area contributed by atoms with Crippen LogP contribution in [0.25, 0.3) is 21.7 Å². The summed E-state index contributed by atoms with van der Waals surface area (Å²) in [5.74, 6) is 1.32. The van der Waals surface area contributed by atoms with Crippen LogP contribution in [0.5, 0.6) is 0 Å². The Hall–Kier alpha value is -3.13. The lowest BCUT2D eigenvalue weighted by Crippen LogP contribution is -2.36. The standard InChI is InChI=1S/C22H21N5O2S/c1-14-24-20(26-29-14)16-12-19-21(23-13-16)25-22(30-19)27-11-5-8-17(27)18(28)10-9-15-6-3-2-4-7-15/h2-4,6-7,12-13,17H,5,8-11H2,1H3/t17-/m1/s1. The number of rotatable bonds is 6. The molecule has 0 bridgehead atoms. The molecule has 0 amide bonds. The molecule has 30 heavy (non-hydrogen) atoms. The Kier molecular flexibility index (Phi) is 5.00. The van der Waals surface area contributed by atoms with Gasteiger partial charge in [-0.2, -0.15) is 9.97 Å². The lowest BCUT2D eigenvalue weighted by atomic mass is 10.0. The number of pyridine rings is 1. The van der Waals surface area contributed by atoms with Crippen LogP contribution in [0.2, 0.25) is 0 Å². The molecular weight excluding hydrogens is 398 g/mol. The van der Waals surface area contributed by atoms with Crippen LogP contribution in [0.15, 0.2) is 47.1 Å². The van der Waals surface area contributed by atoms with Crippen molar-refractivity contribution in [3.05, 3.63) is 54.0 Å². The number of hydrogen-bond acceptors (Lipinski definition) is 8. The number of fused-ring (bicyclic) bond motifs is 1. The van der Waals surface area contributed by atoms with Crippen molar-refractivity contribution in [1.82, 2.24) is 20.1 Å². The first-order chi connectivity index (χ1) is 14.7. The molecule has 0 spiro atoms. The fraction of sp³-hybridized carbons (Fsp3) is 0.318. The molecule has 0 saturated carbocycles. The quantitative estimate of drug-likeness (QED) is 0.462. The molecule has 1 fully saturated rings. The van der Waals surface area contributed by atoms with Gasteiger partial charge in [0, 0.05) is 31.6 Å². The number of benzene rings is 1. The molecule has 5 rings (SSSR count). The zero-order valence-corrected chi connectivity index (χ0v) is 17.4. The third kappa shape index (κ3) is 3.70. The Labute approximate surface area is 177 Å². The molecule has 4 aromatic rings. The molecular formula is C22H21N5O2S. The predicted molar refractivity (Wildman–Crippen MR) is 116 cm³/mol. The molecule has 1 aliphatic heterocycles. The fourth-order valence-corrected chi connectivity index (χ4v) is 4.92. The maximum Gasteiger partial charge on any atom is 0.223 e. The van der Waals surface area contributed by atoms with Crippen molar-refractivity contribution in [3.8, 4) is 11.4 Å². The van der Waals surface area contributed by atoms with Gasteiger partial charge in [-0.15, -0.1) is 0 Å². The highest BCUT2D eigenvalue weighted by Crippen LogP contribution is 2.34. The van der Waals surface area contributed by atoms with Crippen LogP contribution < -0.4 is 4.90 Å². The first kappa shape index (κ1) is 18.9. The van der Waals surface area contributed by atoms with Gasteiger partial charge in [-0.3, -0.25) is 4.79 Å². The van der Waals surface area contributed by atoms with Crippen LogP contribution in [-0.2, 0) is 11.2 Å². The van der Waals surface area contributed by atoms with Crippen LogP contribution in [0, 0.1) is 6.92 Å². The van der Waals surface area contributed by atoms with Gasteiger partial charge in [0.1, 0.15) is 0 Å². The summed E-state index contributed by atoms with van der Waals surface area (Å²) in [6.07, 6.45) is 4.92. The second-order valence-corrected chi connectivity index (χ2v) is 8.49. The molecule has 7 nitrogen and oxygen atoms in total. The summed E-state index contributed by atoms with van der Waals surface area (Å²) in [6.45, 7) is 2.61. The number of carbonyl (C=O) groups excluding carboxylic acids is 1. The molecule has 1 saturated heterocycles. The number of nitrogens with zero attached hydrogens (tertiary/aromatic N) is 5. The average Bonchev–Trinajstić information content (AvgIpc) is 3.50. The van der Waals surface area contributed by atoms with Crippen LogP contribution >= 0.6 is 11.3 Å². The van der Waals surface area contributed by atoms with Gasteiger partial charge in [-0.1, -0.05) is 46.8 Å². The highest BCUT2D eigenvalue weighted by molar-refractivity contribution is 7.22. The normalized spacial score (nSPS) is 16.4.